The fraction of sp³-hybridized carbons (Fsp3) is 0.500. The average molecular weight is 194 g/mol. The van der Waals surface area contributed by atoms with Crippen LogP contribution in [0.5, 0.6) is 11.5 Å². The molecule has 0 saturated carbocycles. The summed E-state index contributed by atoms with van der Waals surface area (Å²) in [5.41, 5.74) is 1.08. The first kappa shape index (κ1) is 10.9. The van der Waals surface area contributed by atoms with Crippen molar-refractivity contribution in [3.8, 4) is 11.5 Å². The van der Waals surface area contributed by atoms with Crippen molar-refractivity contribution in [1.29, 1.82) is 0 Å². The van der Waals surface area contributed by atoms with E-state index in [4.69, 9.17) is 5.11 Å². The van der Waals surface area contributed by atoms with Crippen LogP contribution in [0.3, 0.4) is 0 Å². The van der Waals surface area contributed by atoms with Crippen LogP contribution >= 0.6 is 0 Å². The highest BCUT2D eigenvalue weighted by molar-refractivity contribution is 5.40. The van der Waals surface area contributed by atoms with Crippen LogP contribution in [0.1, 0.15) is 32.3 Å². The zero-order valence-electron chi connectivity index (χ0n) is 8.83. The number of phenolic OH excluding ortho intramolecular Hbond substituents is 2. The van der Waals surface area contributed by atoms with E-state index in [1.165, 1.54) is 6.42 Å². The van der Waals surface area contributed by atoms with E-state index in [2.05, 4.69) is 13.8 Å². The molecule has 0 spiro atoms. The molecule has 0 aliphatic heterocycles. The molecule has 0 unspecified atom stereocenters. The molecular formula is C12H18O2. The van der Waals surface area contributed by atoms with Gasteiger partial charge in [-0.1, -0.05) is 26.3 Å². The second-order valence-corrected chi connectivity index (χ2v) is 4.11. The first-order valence-corrected chi connectivity index (χ1v) is 5.10. The molecule has 0 fully saturated rings. The third-order valence-electron chi connectivity index (χ3n) is 2.29. The molecule has 0 heterocycles. The van der Waals surface area contributed by atoms with Gasteiger partial charge in [-0.2, -0.15) is 0 Å². The van der Waals surface area contributed by atoms with E-state index in [1.54, 1.807) is 12.1 Å². The minimum atomic E-state index is -0.0439. The molecule has 2 N–H and O–H groups in total. The lowest BCUT2D eigenvalue weighted by atomic mass is 10.0. The molecule has 78 valence electrons. The van der Waals surface area contributed by atoms with E-state index >= 15 is 0 Å². The Hall–Kier alpha value is -1.18. The van der Waals surface area contributed by atoms with E-state index in [0.29, 0.717) is 0 Å². The number of hydrogen-bond acceptors (Lipinski definition) is 2. The van der Waals surface area contributed by atoms with Crippen molar-refractivity contribution in [2.45, 2.75) is 33.1 Å². The van der Waals surface area contributed by atoms with Crippen molar-refractivity contribution in [3.05, 3.63) is 23.8 Å². The van der Waals surface area contributed by atoms with E-state index in [1.807, 2.05) is 6.07 Å². The average Bonchev–Trinajstić information content (AvgIpc) is 2.10. The minimum Gasteiger partial charge on any atom is -0.504 e. The highest BCUT2D eigenvalue weighted by Crippen LogP contribution is 2.25. The number of hydrogen-bond donors (Lipinski definition) is 2. The molecule has 1 aromatic rings. The fourth-order valence-electron chi connectivity index (χ4n) is 1.44. The molecule has 0 bridgehead atoms. The van der Waals surface area contributed by atoms with Gasteiger partial charge in [0, 0.05) is 0 Å². The van der Waals surface area contributed by atoms with Crippen molar-refractivity contribution in [2.75, 3.05) is 0 Å². The Morgan fingerprint density at radius 3 is 2.43 bits per heavy atom. The largest absolute Gasteiger partial charge is 0.504 e. The summed E-state index contributed by atoms with van der Waals surface area (Å²) in [6, 6.07) is 5.03. The summed E-state index contributed by atoms with van der Waals surface area (Å²) in [6.07, 6.45) is 3.29. The van der Waals surface area contributed by atoms with Crippen molar-refractivity contribution >= 4 is 0 Å². The van der Waals surface area contributed by atoms with Gasteiger partial charge in [0.1, 0.15) is 0 Å². The molecule has 0 atom stereocenters. The quantitative estimate of drug-likeness (QED) is 0.723. The molecular weight excluding hydrogens is 176 g/mol. The number of aryl methyl sites for hydroxylation is 1. The third-order valence-corrected chi connectivity index (χ3v) is 2.29. The molecule has 0 aromatic heterocycles. The molecule has 0 radical (unpaired) electrons. The number of phenols is 2. The lowest BCUT2D eigenvalue weighted by Gasteiger charge is -2.05. The van der Waals surface area contributed by atoms with Crippen LogP contribution in [0.4, 0.5) is 0 Å². The summed E-state index contributed by atoms with van der Waals surface area (Å²) in [5, 5.41) is 18.4. The van der Waals surface area contributed by atoms with Crippen molar-refractivity contribution in [1.82, 2.24) is 0 Å². The van der Waals surface area contributed by atoms with Gasteiger partial charge < -0.3 is 10.2 Å². The smallest absolute Gasteiger partial charge is 0.157 e. The number of rotatable bonds is 4. The molecule has 1 aromatic carbocycles. The van der Waals surface area contributed by atoms with Crippen LogP contribution in [0.15, 0.2) is 18.2 Å². The summed E-state index contributed by atoms with van der Waals surface area (Å²) in [5.74, 6) is 0.658. The standard InChI is InChI=1S/C12H18O2/c1-9(2)4-3-5-10-6-7-11(13)12(14)8-10/h6-9,13-14H,3-5H2,1-2H3. The Balaban J connectivity index is 2.47. The van der Waals surface area contributed by atoms with E-state index < -0.39 is 0 Å². The van der Waals surface area contributed by atoms with Gasteiger partial charge in [-0.3, -0.25) is 0 Å². The van der Waals surface area contributed by atoms with Crippen molar-refractivity contribution < 1.29 is 10.2 Å². The van der Waals surface area contributed by atoms with Gasteiger partial charge in [-0.15, -0.1) is 0 Å². The van der Waals surface area contributed by atoms with Gasteiger partial charge in [0.15, 0.2) is 11.5 Å². The maximum Gasteiger partial charge on any atom is 0.157 e. The lowest BCUT2D eigenvalue weighted by molar-refractivity contribution is 0.403. The van der Waals surface area contributed by atoms with Gasteiger partial charge in [-0.05, 0) is 36.5 Å². The lowest BCUT2D eigenvalue weighted by Crippen LogP contribution is -1.90. The molecule has 2 nitrogen and oxygen atoms in total. The Morgan fingerprint density at radius 1 is 1.14 bits per heavy atom. The molecule has 0 saturated heterocycles. The van der Waals surface area contributed by atoms with Crippen molar-refractivity contribution in [3.63, 3.8) is 0 Å². The van der Waals surface area contributed by atoms with Crippen LogP contribution in [-0.2, 0) is 6.42 Å². The first-order valence-electron chi connectivity index (χ1n) is 5.10. The van der Waals surface area contributed by atoms with Gasteiger partial charge in [0.2, 0.25) is 0 Å². The Kier molecular flexibility index (Phi) is 3.81. The third kappa shape index (κ3) is 3.29. The maximum absolute atomic E-state index is 9.26. The summed E-state index contributed by atoms with van der Waals surface area (Å²) < 4.78 is 0. The van der Waals surface area contributed by atoms with Gasteiger partial charge >= 0.3 is 0 Å². The summed E-state index contributed by atoms with van der Waals surface area (Å²) in [4.78, 5) is 0. The molecule has 14 heavy (non-hydrogen) atoms. The second kappa shape index (κ2) is 4.89. The van der Waals surface area contributed by atoms with E-state index in [9.17, 15) is 5.11 Å². The first-order chi connectivity index (χ1) is 6.59. The van der Waals surface area contributed by atoms with Crippen LogP contribution in [-0.4, -0.2) is 10.2 Å². The molecule has 1 rings (SSSR count). The number of benzene rings is 1. The summed E-state index contributed by atoms with van der Waals surface area (Å²) in [7, 11) is 0. The molecule has 0 amide bonds. The summed E-state index contributed by atoms with van der Waals surface area (Å²) in [6.45, 7) is 4.41. The fourth-order valence-corrected chi connectivity index (χ4v) is 1.44. The maximum atomic E-state index is 9.26. The molecule has 2 heteroatoms. The highest BCUT2D eigenvalue weighted by atomic mass is 16.3. The van der Waals surface area contributed by atoms with Gasteiger partial charge in [0.25, 0.3) is 0 Å². The highest BCUT2D eigenvalue weighted by Gasteiger charge is 2.01. The second-order valence-electron chi connectivity index (χ2n) is 4.11. The SMILES string of the molecule is CC(C)CCCc1ccc(O)c(O)c1. The van der Waals surface area contributed by atoms with Crippen molar-refractivity contribution in [2.24, 2.45) is 5.92 Å². The normalized spacial score (nSPS) is 10.8. The van der Waals surface area contributed by atoms with Crippen LogP contribution in [0.2, 0.25) is 0 Å². The summed E-state index contributed by atoms with van der Waals surface area (Å²) >= 11 is 0. The molecule has 0 aliphatic carbocycles. The Bertz CT molecular complexity index is 292. The zero-order valence-corrected chi connectivity index (χ0v) is 8.83. The van der Waals surface area contributed by atoms with E-state index in [0.717, 1.165) is 24.3 Å². The Morgan fingerprint density at radius 2 is 1.86 bits per heavy atom. The topological polar surface area (TPSA) is 40.5 Å². The minimum absolute atomic E-state index is 0.0213. The van der Waals surface area contributed by atoms with Gasteiger partial charge in [-0.25, -0.2) is 0 Å². The van der Waals surface area contributed by atoms with Gasteiger partial charge in [0.05, 0.1) is 0 Å². The van der Waals surface area contributed by atoms with Crippen LogP contribution < -0.4 is 0 Å². The predicted octanol–water partition coefficient (Wildman–Crippen LogP) is 3.08. The van der Waals surface area contributed by atoms with E-state index in [-0.39, 0.29) is 11.5 Å². The monoisotopic (exact) mass is 194 g/mol. The Labute approximate surface area is 85.2 Å². The predicted molar refractivity (Wildman–Crippen MR) is 57.5 cm³/mol. The van der Waals surface area contributed by atoms with Crippen LogP contribution in [0, 0.1) is 5.92 Å². The zero-order chi connectivity index (χ0) is 10.6. The number of aromatic hydroxyl groups is 2. The molecule has 0 aliphatic rings. The van der Waals surface area contributed by atoms with Crippen LogP contribution in [0.25, 0.3) is 0 Å².